The van der Waals surface area contributed by atoms with Crippen molar-refractivity contribution in [3.05, 3.63) is 40.0 Å². The summed E-state index contributed by atoms with van der Waals surface area (Å²) in [6.07, 6.45) is 1.53. The third-order valence-electron chi connectivity index (χ3n) is 2.68. The average molecular weight is 282 g/mol. The number of fused-ring (bicyclic) bond motifs is 1. The Hall–Kier alpha value is -1.12. The molecule has 0 radical (unpaired) electrons. The molecular formula is C14H13Cl2NO. The highest BCUT2D eigenvalue weighted by Gasteiger charge is 2.27. The summed E-state index contributed by atoms with van der Waals surface area (Å²) in [7, 11) is 0. The van der Waals surface area contributed by atoms with Crippen LogP contribution < -0.4 is 0 Å². The molecule has 1 aromatic heterocycles. The smallest absolute Gasteiger partial charge is 0.171 e. The van der Waals surface area contributed by atoms with Crippen molar-refractivity contribution >= 4 is 39.9 Å². The Labute approximate surface area is 116 Å². The molecular weight excluding hydrogens is 269 g/mol. The zero-order chi connectivity index (χ0) is 13.5. The van der Waals surface area contributed by atoms with Crippen LogP contribution in [0.2, 0.25) is 10.0 Å². The molecule has 0 saturated heterocycles. The highest BCUT2D eigenvalue weighted by Crippen LogP contribution is 2.31. The lowest BCUT2D eigenvalue weighted by Gasteiger charge is -2.18. The summed E-state index contributed by atoms with van der Waals surface area (Å²) in [5.41, 5.74) is 0.573. The van der Waals surface area contributed by atoms with E-state index in [1.165, 1.54) is 6.20 Å². The van der Waals surface area contributed by atoms with Gasteiger partial charge in [0.15, 0.2) is 5.78 Å². The number of carbonyl (C=O) groups excluding carboxylic acids is 1. The van der Waals surface area contributed by atoms with Crippen LogP contribution in [0.1, 0.15) is 31.1 Å². The SMILES string of the molecule is CC(C)(C)C(=O)c1c(Cl)ccc2cc(Cl)cnc12. The van der Waals surface area contributed by atoms with Gasteiger partial charge in [-0.25, -0.2) is 0 Å². The zero-order valence-electron chi connectivity index (χ0n) is 10.4. The number of pyridine rings is 1. The summed E-state index contributed by atoms with van der Waals surface area (Å²) in [5.74, 6) is -0.0204. The van der Waals surface area contributed by atoms with Crippen molar-refractivity contribution in [3.63, 3.8) is 0 Å². The Bertz CT molecular complexity index is 629. The fourth-order valence-electron chi connectivity index (χ4n) is 1.74. The molecule has 0 spiro atoms. The van der Waals surface area contributed by atoms with Crippen molar-refractivity contribution in [3.8, 4) is 0 Å². The van der Waals surface area contributed by atoms with Crippen LogP contribution in [0.3, 0.4) is 0 Å². The molecule has 0 fully saturated rings. The predicted molar refractivity (Wildman–Crippen MR) is 75.5 cm³/mol. The van der Waals surface area contributed by atoms with Crippen LogP contribution in [0.25, 0.3) is 10.9 Å². The van der Waals surface area contributed by atoms with E-state index in [4.69, 9.17) is 23.2 Å². The molecule has 2 aromatic rings. The van der Waals surface area contributed by atoms with Crippen molar-refractivity contribution in [1.29, 1.82) is 0 Å². The molecule has 1 heterocycles. The lowest BCUT2D eigenvalue weighted by atomic mass is 9.85. The molecule has 18 heavy (non-hydrogen) atoms. The first-order chi connectivity index (χ1) is 8.30. The second-order valence-electron chi connectivity index (χ2n) is 5.23. The maximum atomic E-state index is 12.4. The fraction of sp³-hybridized carbons (Fsp3) is 0.286. The number of carbonyl (C=O) groups is 1. The Kier molecular flexibility index (Phi) is 3.35. The molecule has 0 N–H and O–H groups in total. The largest absolute Gasteiger partial charge is 0.293 e. The predicted octanol–water partition coefficient (Wildman–Crippen LogP) is 4.77. The molecule has 4 heteroatoms. The maximum Gasteiger partial charge on any atom is 0.171 e. The van der Waals surface area contributed by atoms with Crippen LogP contribution in [0.15, 0.2) is 24.4 Å². The van der Waals surface area contributed by atoms with Crippen molar-refractivity contribution < 1.29 is 4.79 Å². The maximum absolute atomic E-state index is 12.4. The molecule has 2 nitrogen and oxygen atoms in total. The number of hydrogen-bond donors (Lipinski definition) is 0. The zero-order valence-corrected chi connectivity index (χ0v) is 11.9. The van der Waals surface area contributed by atoms with Gasteiger partial charge in [0.1, 0.15) is 0 Å². The summed E-state index contributed by atoms with van der Waals surface area (Å²) in [6, 6.07) is 5.30. The van der Waals surface area contributed by atoms with E-state index in [1.807, 2.05) is 26.8 Å². The summed E-state index contributed by atoms with van der Waals surface area (Å²) >= 11 is 12.0. The minimum absolute atomic E-state index is 0.0204. The first-order valence-electron chi connectivity index (χ1n) is 5.59. The van der Waals surface area contributed by atoms with E-state index >= 15 is 0 Å². The Morgan fingerprint density at radius 1 is 1.22 bits per heavy atom. The first-order valence-corrected chi connectivity index (χ1v) is 6.35. The molecule has 0 aliphatic carbocycles. The second kappa shape index (κ2) is 4.52. The van der Waals surface area contributed by atoms with E-state index in [-0.39, 0.29) is 5.78 Å². The molecule has 0 saturated carbocycles. The minimum atomic E-state index is -0.501. The van der Waals surface area contributed by atoms with E-state index in [9.17, 15) is 4.79 Å². The molecule has 0 aliphatic rings. The Morgan fingerprint density at radius 3 is 2.50 bits per heavy atom. The third kappa shape index (κ3) is 2.36. The Balaban J connectivity index is 2.77. The molecule has 0 amide bonds. The lowest BCUT2D eigenvalue weighted by Crippen LogP contribution is -2.21. The monoisotopic (exact) mass is 281 g/mol. The standard InChI is InChI=1S/C14H13Cl2NO/c1-14(2,3)13(18)11-10(16)5-4-8-6-9(15)7-17-12(8)11/h4-7H,1-3H3. The highest BCUT2D eigenvalue weighted by molar-refractivity contribution is 6.36. The van der Waals surface area contributed by atoms with E-state index in [2.05, 4.69) is 4.98 Å². The quantitative estimate of drug-likeness (QED) is 0.705. The van der Waals surface area contributed by atoms with Gasteiger partial charge in [0.2, 0.25) is 0 Å². The molecule has 1 aromatic carbocycles. The van der Waals surface area contributed by atoms with Crippen LogP contribution in [-0.4, -0.2) is 10.8 Å². The summed E-state index contributed by atoms with van der Waals surface area (Å²) < 4.78 is 0. The third-order valence-corrected chi connectivity index (χ3v) is 3.20. The normalized spacial score (nSPS) is 11.8. The van der Waals surface area contributed by atoms with Crippen molar-refractivity contribution in [2.45, 2.75) is 20.8 Å². The number of aromatic nitrogens is 1. The molecule has 94 valence electrons. The average Bonchev–Trinajstić information content (AvgIpc) is 2.27. The number of hydrogen-bond acceptors (Lipinski definition) is 2. The first kappa shape index (κ1) is 13.3. The van der Waals surface area contributed by atoms with Crippen molar-refractivity contribution in [1.82, 2.24) is 4.98 Å². The number of halogens is 2. The van der Waals surface area contributed by atoms with Gasteiger partial charge < -0.3 is 0 Å². The summed E-state index contributed by atoms with van der Waals surface area (Å²) in [5, 5.41) is 1.79. The summed E-state index contributed by atoms with van der Waals surface area (Å²) in [6.45, 7) is 5.58. The molecule has 2 rings (SSSR count). The van der Waals surface area contributed by atoms with Gasteiger partial charge in [-0.1, -0.05) is 50.0 Å². The van der Waals surface area contributed by atoms with E-state index in [1.54, 1.807) is 12.1 Å². The van der Waals surface area contributed by atoms with Crippen LogP contribution in [0.4, 0.5) is 0 Å². The number of benzene rings is 1. The molecule has 0 aliphatic heterocycles. The van der Waals surface area contributed by atoms with Gasteiger partial charge in [-0.15, -0.1) is 0 Å². The number of nitrogens with zero attached hydrogens (tertiary/aromatic N) is 1. The molecule has 0 bridgehead atoms. The van der Waals surface area contributed by atoms with E-state index in [0.717, 1.165) is 5.39 Å². The summed E-state index contributed by atoms with van der Waals surface area (Å²) in [4.78, 5) is 16.7. The van der Waals surface area contributed by atoms with Crippen molar-refractivity contribution in [2.24, 2.45) is 5.41 Å². The fourth-order valence-corrected chi connectivity index (χ4v) is 2.15. The van der Waals surface area contributed by atoms with Crippen molar-refractivity contribution in [2.75, 3.05) is 0 Å². The van der Waals surface area contributed by atoms with E-state index < -0.39 is 5.41 Å². The van der Waals surface area contributed by atoms with Crippen LogP contribution in [0.5, 0.6) is 0 Å². The van der Waals surface area contributed by atoms with Gasteiger partial charge in [-0.2, -0.15) is 0 Å². The van der Waals surface area contributed by atoms with Gasteiger partial charge in [-0.3, -0.25) is 9.78 Å². The van der Waals surface area contributed by atoms with E-state index in [0.29, 0.717) is 21.1 Å². The lowest BCUT2D eigenvalue weighted by molar-refractivity contribution is 0.0860. The Morgan fingerprint density at radius 2 is 1.89 bits per heavy atom. The molecule has 0 unspecified atom stereocenters. The number of Topliss-reactive ketones (excluding diaryl/α,β-unsaturated/α-hetero) is 1. The van der Waals surface area contributed by atoms with Crippen LogP contribution in [0, 0.1) is 5.41 Å². The minimum Gasteiger partial charge on any atom is -0.293 e. The van der Waals surface area contributed by atoms with Gasteiger partial charge in [0, 0.05) is 17.0 Å². The second-order valence-corrected chi connectivity index (χ2v) is 6.07. The molecule has 0 atom stereocenters. The van der Waals surface area contributed by atoms with Crippen LogP contribution >= 0.6 is 23.2 Å². The van der Waals surface area contributed by atoms with Gasteiger partial charge in [0.25, 0.3) is 0 Å². The van der Waals surface area contributed by atoms with Gasteiger partial charge >= 0.3 is 0 Å². The van der Waals surface area contributed by atoms with Gasteiger partial charge in [-0.05, 0) is 12.1 Å². The number of rotatable bonds is 1. The van der Waals surface area contributed by atoms with Crippen LogP contribution in [-0.2, 0) is 0 Å². The topological polar surface area (TPSA) is 30.0 Å². The number of ketones is 1. The highest BCUT2D eigenvalue weighted by atomic mass is 35.5. The van der Waals surface area contributed by atoms with Gasteiger partial charge in [0.05, 0.1) is 21.1 Å².